The minimum Gasteiger partial charge on any atom is -0.348 e. The van der Waals surface area contributed by atoms with Crippen LogP contribution in [0.5, 0.6) is 0 Å². The highest BCUT2D eigenvalue weighted by atomic mass is 32.2. The fourth-order valence-corrected chi connectivity index (χ4v) is 2.42. The Bertz CT molecular complexity index is 597. The van der Waals surface area contributed by atoms with Gasteiger partial charge in [0.1, 0.15) is 5.82 Å². The van der Waals surface area contributed by atoms with E-state index in [0.29, 0.717) is 5.11 Å². The highest BCUT2D eigenvalue weighted by Gasteiger charge is 2.06. The Balaban J connectivity index is 1.93. The lowest BCUT2D eigenvalue weighted by Gasteiger charge is -2.21. The number of rotatable bonds is 4. The smallest absolute Gasteiger partial charge is 0.173 e. The third-order valence-electron chi connectivity index (χ3n) is 3.02. The van der Waals surface area contributed by atoms with Crippen molar-refractivity contribution >= 4 is 34.8 Å². The van der Waals surface area contributed by atoms with Crippen LogP contribution in [0.15, 0.2) is 53.4 Å². The molecule has 0 aliphatic heterocycles. The topological polar surface area (TPSA) is 15.3 Å². The van der Waals surface area contributed by atoms with E-state index in [1.54, 1.807) is 23.9 Å². The van der Waals surface area contributed by atoms with Gasteiger partial charge >= 0.3 is 0 Å². The van der Waals surface area contributed by atoms with Crippen molar-refractivity contribution in [2.24, 2.45) is 0 Å². The van der Waals surface area contributed by atoms with E-state index < -0.39 is 0 Å². The van der Waals surface area contributed by atoms with Gasteiger partial charge in [0.25, 0.3) is 0 Å². The summed E-state index contributed by atoms with van der Waals surface area (Å²) in [7, 11) is 1.93. The maximum atomic E-state index is 12.9. The van der Waals surface area contributed by atoms with Crippen LogP contribution in [0.3, 0.4) is 0 Å². The summed E-state index contributed by atoms with van der Waals surface area (Å²) < 4.78 is 12.9. The summed E-state index contributed by atoms with van der Waals surface area (Å²) in [4.78, 5) is 3.20. The Morgan fingerprint density at radius 2 is 1.76 bits per heavy atom. The van der Waals surface area contributed by atoms with Gasteiger partial charge in [0.15, 0.2) is 5.11 Å². The monoisotopic (exact) mass is 320 g/mol. The van der Waals surface area contributed by atoms with Gasteiger partial charge in [0, 0.05) is 24.2 Å². The van der Waals surface area contributed by atoms with Crippen molar-refractivity contribution in [1.82, 2.24) is 4.90 Å². The average molecular weight is 320 g/mol. The molecule has 5 heteroatoms. The molecule has 0 atom stereocenters. The number of hydrogen-bond donors (Lipinski definition) is 1. The van der Waals surface area contributed by atoms with E-state index in [-0.39, 0.29) is 5.82 Å². The zero-order chi connectivity index (χ0) is 15.2. The molecule has 0 saturated carbocycles. The van der Waals surface area contributed by atoms with Gasteiger partial charge in [-0.3, -0.25) is 0 Å². The van der Waals surface area contributed by atoms with Gasteiger partial charge < -0.3 is 10.2 Å². The number of thiocarbonyl (C=S) groups is 1. The largest absolute Gasteiger partial charge is 0.348 e. The van der Waals surface area contributed by atoms with Crippen LogP contribution in [0.1, 0.15) is 5.56 Å². The van der Waals surface area contributed by atoms with Crippen molar-refractivity contribution in [3.05, 3.63) is 59.9 Å². The van der Waals surface area contributed by atoms with Crippen LogP contribution in [0, 0.1) is 5.82 Å². The maximum absolute atomic E-state index is 12.9. The lowest BCUT2D eigenvalue weighted by molar-refractivity contribution is 0.508. The number of anilines is 1. The van der Waals surface area contributed by atoms with Crippen molar-refractivity contribution < 1.29 is 4.39 Å². The van der Waals surface area contributed by atoms with Crippen molar-refractivity contribution in [1.29, 1.82) is 0 Å². The molecule has 0 fully saturated rings. The highest BCUT2D eigenvalue weighted by Crippen LogP contribution is 2.16. The number of hydrogen-bond acceptors (Lipinski definition) is 2. The second-order valence-electron chi connectivity index (χ2n) is 4.64. The first kappa shape index (κ1) is 15.8. The van der Waals surface area contributed by atoms with Crippen LogP contribution < -0.4 is 5.32 Å². The first-order valence-electron chi connectivity index (χ1n) is 6.49. The van der Waals surface area contributed by atoms with E-state index in [2.05, 4.69) is 35.8 Å². The summed E-state index contributed by atoms with van der Waals surface area (Å²) in [6.45, 7) is 0.724. The Hall–Kier alpha value is -1.59. The maximum Gasteiger partial charge on any atom is 0.173 e. The Morgan fingerprint density at radius 3 is 2.33 bits per heavy atom. The van der Waals surface area contributed by atoms with Crippen LogP contribution in [0.2, 0.25) is 0 Å². The molecule has 2 nitrogen and oxygen atoms in total. The molecule has 0 aliphatic rings. The number of nitrogens with one attached hydrogen (secondary N) is 1. The number of thioether (sulfide) groups is 1. The lowest BCUT2D eigenvalue weighted by atomic mass is 10.2. The molecule has 2 rings (SSSR count). The van der Waals surface area contributed by atoms with E-state index in [0.717, 1.165) is 12.2 Å². The standard InChI is InChI=1S/C16H17FN2S2/c1-19(11-12-3-9-15(21-2)10-4-12)16(20)18-14-7-5-13(17)6-8-14/h3-10H,11H2,1-2H3,(H,18,20). The highest BCUT2D eigenvalue weighted by molar-refractivity contribution is 7.98. The van der Waals surface area contributed by atoms with E-state index in [1.807, 2.05) is 11.9 Å². The van der Waals surface area contributed by atoms with Crippen LogP contribution in [-0.4, -0.2) is 23.3 Å². The molecule has 0 saturated heterocycles. The van der Waals surface area contributed by atoms with Crippen molar-refractivity contribution in [2.45, 2.75) is 11.4 Å². The van der Waals surface area contributed by atoms with Crippen LogP contribution in [0.25, 0.3) is 0 Å². The molecular weight excluding hydrogens is 303 g/mol. The zero-order valence-corrected chi connectivity index (χ0v) is 13.6. The number of nitrogens with zero attached hydrogens (tertiary/aromatic N) is 1. The van der Waals surface area contributed by atoms with Gasteiger partial charge in [-0.05, 0) is 60.4 Å². The van der Waals surface area contributed by atoms with Crippen LogP contribution in [0.4, 0.5) is 10.1 Å². The van der Waals surface area contributed by atoms with Gasteiger partial charge in [0.05, 0.1) is 0 Å². The fourth-order valence-electron chi connectivity index (χ4n) is 1.83. The molecule has 110 valence electrons. The van der Waals surface area contributed by atoms with Gasteiger partial charge in [0.2, 0.25) is 0 Å². The molecule has 0 spiro atoms. The third-order valence-corrected chi connectivity index (χ3v) is 4.18. The molecule has 2 aromatic carbocycles. The molecule has 0 aliphatic carbocycles. The predicted octanol–water partition coefficient (Wildman–Crippen LogP) is 4.38. The summed E-state index contributed by atoms with van der Waals surface area (Å²) in [5.74, 6) is -0.256. The molecule has 0 unspecified atom stereocenters. The normalized spacial score (nSPS) is 10.2. The fraction of sp³-hybridized carbons (Fsp3) is 0.188. The molecule has 0 aromatic heterocycles. The molecule has 21 heavy (non-hydrogen) atoms. The minimum absolute atomic E-state index is 0.256. The average Bonchev–Trinajstić information content (AvgIpc) is 2.50. The summed E-state index contributed by atoms with van der Waals surface area (Å²) in [6, 6.07) is 14.6. The van der Waals surface area contributed by atoms with Gasteiger partial charge in [-0.2, -0.15) is 0 Å². The third kappa shape index (κ3) is 4.72. The van der Waals surface area contributed by atoms with Crippen LogP contribution in [-0.2, 0) is 6.54 Å². The van der Waals surface area contributed by atoms with E-state index in [4.69, 9.17) is 12.2 Å². The Labute approximate surface area is 134 Å². The summed E-state index contributed by atoms with van der Waals surface area (Å²) >= 11 is 7.08. The van der Waals surface area contributed by atoms with E-state index >= 15 is 0 Å². The molecule has 0 bridgehead atoms. The van der Waals surface area contributed by atoms with Gasteiger partial charge in [-0.25, -0.2) is 4.39 Å². The van der Waals surface area contributed by atoms with E-state index in [9.17, 15) is 4.39 Å². The minimum atomic E-state index is -0.256. The molecule has 0 radical (unpaired) electrons. The first-order valence-corrected chi connectivity index (χ1v) is 8.12. The SMILES string of the molecule is CSc1ccc(CN(C)C(=S)Nc2ccc(F)cc2)cc1. The van der Waals surface area contributed by atoms with Crippen molar-refractivity contribution in [3.63, 3.8) is 0 Å². The molecule has 0 heterocycles. The summed E-state index contributed by atoms with van der Waals surface area (Å²) in [5.41, 5.74) is 1.98. The Kier molecular flexibility index (Phi) is 5.59. The zero-order valence-electron chi connectivity index (χ0n) is 12.0. The van der Waals surface area contributed by atoms with Crippen molar-refractivity contribution in [3.8, 4) is 0 Å². The first-order chi connectivity index (χ1) is 10.1. The molecule has 0 amide bonds. The van der Waals surface area contributed by atoms with Crippen LogP contribution >= 0.6 is 24.0 Å². The number of halogens is 1. The molecule has 1 N–H and O–H groups in total. The van der Waals surface area contributed by atoms with Gasteiger partial charge in [-0.15, -0.1) is 11.8 Å². The molecule has 2 aromatic rings. The second kappa shape index (κ2) is 7.43. The quantitative estimate of drug-likeness (QED) is 0.664. The van der Waals surface area contributed by atoms with Gasteiger partial charge in [-0.1, -0.05) is 12.1 Å². The lowest BCUT2D eigenvalue weighted by Crippen LogP contribution is -2.30. The second-order valence-corrected chi connectivity index (χ2v) is 5.91. The predicted molar refractivity (Wildman–Crippen MR) is 92.3 cm³/mol. The summed E-state index contributed by atoms with van der Waals surface area (Å²) in [5, 5.41) is 3.71. The van der Waals surface area contributed by atoms with Crippen molar-refractivity contribution in [2.75, 3.05) is 18.6 Å². The number of benzene rings is 2. The Morgan fingerprint density at radius 1 is 1.14 bits per heavy atom. The molecular formula is C16H17FN2S2. The van der Waals surface area contributed by atoms with E-state index in [1.165, 1.54) is 22.6 Å². The summed E-state index contributed by atoms with van der Waals surface area (Å²) in [6.07, 6.45) is 2.06.